The van der Waals surface area contributed by atoms with Crippen molar-refractivity contribution in [1.82, 2.24) is 9.13 Å². The fraction of sp³-hybridized carbons (Fsp3) is 0.0426. The van der Waals surface area contributed by atoms with Crippen molar-refractivity contribution in [2.24, 2.45) is 14.1 Å². The van der Waals surface area contributed by atoms with Gasteiger partial charge >= 0.3 is 124 Å². The zero-order valence-corrected chi connectivity index (χ0v) is 53.9. The van der Waals surface area contributed by atoms with Crippen molar-refractivity contribution in [3.63, 3.8) is 0 Å². The van der Waals surface area contributed by atoms with E-state index in [4.69, 9.17) is 0 Å². The molecule has 0 aliphatic rings. The van der Waals surface area contributed by atoms with E-state index in [9.17, 15) is 75.9 Å². The van der Waals surface area contributed by atoms with Crippen LogP contribution in [0.3, 0.4) is 0 Å². The van der Waals surface area contributed by atoms with Gasteiger partial charge in [-0.2, -0.15) is 0 Å². The first-order valence-corrected chi connectivity index (χ1v) is 27.0. The third-order valence-electron chi connectivity index (χ3n) is 11.2. The Kier molecular flexibility index (Phi) is 22.5. The third-order valence-corrected chi connectivity index (χ3v) is 14.9. The summed E-state index contributed by atoms with van der Waals surface area (Å²) < 4.78 is 148. The normalized spacial score (nSPS) is 11.4. The predicted octanol–water partition coefficient (Wildman–Crippen LogP) is -7.04. The molecule has 0 unspecified atom stereocenters. The van der Waals surface area contributed by atoms with Gasteiger partial charge in [-0.05, 0) is 72.8 Å². The number of aryl methyl sites for hydroxylation is 2. The molecule has 0 saturated heterocycles. The summed E-state index contributed by atoms with van der Waals surface area (Å²) in [6.45, 7) is 0. The molecule has 25 nitrogen and oxygen atoms in total. The van der Waals surface area contributed by atoms with Crippen LogP contribution in [0.15, 0.2) is 153 Å². The maximum atomic E-state index is 13.4. The standard InChI is InChI=1S/C47H38N8O17S4.4Na/c1-54-23-29(21-37(54)45(58)52-35-17-15-31-33(41(35)75(67,68)69)11-5-13-39(31)73(61,62)63)48-43(56)25-7-3-9-27(19-25)50-47(60)51-28-10-4-8-26(20-28)44(57)49-30-22-38(55(2)24-30)46(59)53-36-18-16-32-34(42(36)76(70,71)72)12-6-14-40(32)74(64,65)66;;;;/h3-24H,1-2H3,(H,48,56)(H,49,57)(H,52,58)(H,53,59)(H2,50,51,60)(H,61,62,63)(H,64,65,66)(H,67,68,69)(H,70,71,72);;;;/q;4*+1/p-4. The second-order valence-corrected chi connectivity index (χ2v) is 21.7. The second kappa shape index (κ2) is 26.6. The van der Waals surface area contributed by atoms with E-state index < -0.39 is 112 Å². The van der Waals surface area contributed by atoms with Gasteiger partial charge in [0.1, 0.15) is 51.9 Å². The zero-order chi connectivity index (χ0) is 55.2. The molecule has 0 bridgehead atoms. The van der Waals surface area contributed by atoms with E-state index in [0.29, 0.717) is 0 Å². The van der Waals surface area contributed by atoms with Gasteiger partial charge in [0.05, 0.1) is 42.3 Å². The number of fused-ring (bicyclic) bond motifs is 2. The molecule has 0 spiro atoms. The Morgan fingerprint density at radius 3 is 1.06 bits per heavy atom. The number of carbonyl (C=O) groups excluding carboxylic acids is 5. The number of hydrogen-bond donors (Lipinski definition) is 6. The van der Waals surface area contributed by atoms with Crippen molar-refractivity contribution in [3.8, 4) is 0 Å². The van der Waals surface area contributed by atoms with Crippen molar-refractivity contribution in [3.05, 3.63) is 156 Å². The number of nitrogens with zero attached hydrogens (tertiary/aromatic N) is 2. The number of rotatable bonds is 14. The molecule has 0 atom stereocenters. The van der Waals surface area contributed by atoms with Gasteiger partial charge in [0, 0.05) is 70.5 Å². The Labute approximate surface area is 544 Å². The maximum absolute atomic E-state index is 13.4. The quantitative estimate of drug-likeness (QED) is 0.0435. The molecule has 0 radical (unpaired) electrons. The Morgan fingerprint density at radius 2 is 0.725 bits per heavy atom. The monoisotopic (exact) mass is 1200 g/mol. The van der Waals surface area contributed by atoms with Crippen LogP contribution in [0, 0.1) is 0 Å². The first kappa shape index (κ1) is 67.7. The molecular weight excluding hydrogens is 1170 g/mol. The zero-order valence-electron chi connectivity index (χ0n) is 42.7. The smallest absolute Gasteiger partial charge is 0.744 e. The van der Waals surface area contributed by atoms with Gasteiger partial charge in [-0.15, -0.1) is 0 Å². The molecule has 2 aromatic heterocycles. The summed E-state index contributed by atoms with van der Waals surface area (Å²) in [4.78, 5) is 63.1. The van der Waals surface area contributed by atoms with Crippen molar-refractivity contribution in [2.75, 3.05) is 31.9 Å². The van der Waals surface area contributed by atoms with Crippen molar-refractivity contribution in [1.29, 1.82) is 0 Å². The van der Waals surface area contributed by atoms with Crippen LogP contribution in [0.25, 0.3) is 21.5 Å². The van der Waals surface area contributed by atoms with Crippen LogP contribution in [0.4, 0.5) is 38.9 Å². The van der Waals surface area contributed by atoms with E-state index >= 15 is 0 Å². The molecule has 33 heteroatoms. The molecule has 0 aliphatic carbocycles. The first-order chi connectivity index (χ1) is 35.6. The van der Waals surface area contributed by atoms with Crippen LogP contribution in [0.1, 0.15) is 41.7 Å². The third kappa shape index (κ3) is 15.4. The Hall–Kier alpha value is -4.81. The average Bonchev–Trinajstić information content (AvgIpc) is 3.89. The number of benzene rings is 6. The van der Waals surface area contributed by atoms with Gasteiger partial charge in [-0.1, -0.05) is 48.5 Å². The van der Waals surface area contributed by atoms with Gasteiger partial charge in [-0.3, -0.25) is 19.2 Å². The van der Waals surface area contributed by atoms with Gasteiger partial charge in [0.15, 0.2) is 0 Å². The van der Waals surface area contributed by atoms with Gasteiger partial charge < -0.3 is 59.2 Å². The number of hydrogen-bond acceptors (Lipinski definition) is 17. The topological polar surface area (TPSA) is 396 Å². The maximum Gasteiger partial charge on any atom is 1.00 e. The van der Waals surface area contributed by atoms with Crippen LogP contribution < -0.4 is 150 Å². The molecule has 0 saturated carbocycles. The van der Waals surface area contributed by atoms with Crippen LogP contribution in [0.2, 0.25) is 0 Å². The summed E-state index contributed by atoms with van der Waals surface area (Å²) >= 11 is 0. The van der Waals surface area contributed by atoms with Crippen LogP contribution >= 0.6 is 0 Å². The summed E-state index contributed by atoms with van der Waals surface area (Å²) in [7, 11) is -18.1. The second-order valence-electron chi connectivity index (χ2n) is 16.4. The van der Waals surface area contributed by atoms with Gasteiger partial charge in [0.25, 0.3) is 23.6 Å². The largest absolute Gasteiger partial charge is 1.00 e. The van der Waals surface area contributed by atoms with E-state index in [2.05, 4.69) is 31.9 Å². The molecule has 2 heterocycles. The summed E-state index contributed by atoms with van der Waals surface area (Å²) in [5.74, 6) is -3.29. The Morgan fingerprint density at radius 1 is 0.375 bits per heavy atom. The van der Waals surface area contributed by atoms with Crippen LogP contribution in [0.5, 0.6) is 0 Å². The molecule has 0 fully saturated rings. The summed E-state index contributed by atoms with van der Waals surface area (Å²) in [6.07, 6.45) is 2.69. The van der Waals surface area contributed by atoms with Crippen LogP contribution in [-0.4, -0.2) is 90.7 Å². The minimum atomic E-state index is -5.37. The number of urea groups is 1. The number of anilines is 6. The summed E-state index contributed by atoms with van der Waals surface area (Å²) in [5.41, 5.74) is -0.748. The molecule has 392 valence electrons. The van der Waals surface area contributed by atoms with Gasteiger partial charge in [-0.25, -0.2) is 38.5 Å². The van der Waals surface area contributed by atoms with E-state index in [0.717, 1.165) is 60.7 Å². The summed E-state index contributed by atoms with van der Waals surface area (Å²) in [5, 5.41) is 13.4. The molecule has 6 N–H and O–H groups in total. The Bertz CT molecular complexity index is 4020. The number of carbonyl (C=O) groups is 5. The van der Waals surface area contributed by atoms with E-state index in [1.54, 1.807) is 0 Å². The van der Waals surface area contributed by atoms with Crippen LogP contribution in [-0.2, 0) is 54.6 Å². The van der Waals surface area contributed by atoms with Crippen molar-refractivity contribution >= 4 is 126 Å². The fourth-order valence-corrected chi connectivity index (χ4v) is 11.1. The Balaban J connectivity index is 0.00000344. The minimum absolute atomic E-state index is 0. The van der Waals surface area contributed by atoms with Crippen molar-refractivity contribution in [2.45, 2.75) is 19.6 Å². The summed E-state index contributed by atoms with van der Waals surface area (Å²) in [6, 6.07) is 23.2. The number of aromatic nitrogens is 2. The molecule has 6 amide bonds. The first-order valence-electron chi connectivity index (χ1n) is 21.4. The molecule has 0 aliphatic heterocycles. The van der Waals surface area contributed by atoms with Crippen molar-refractivity contribution < 1.29 is 194 Å². The number of nitrogens with one attached hydrogen (secondary N) is 6. The molecule has 80 heavy (non-hydrogen) atoms. The minimum Gasteiger partial charge on any atom is -0.744 e. The van der Waals surface area contributed by atoms with E-state index in [-0.39, 0.29) is 174 Å². The average molecular weight is 1200 g/mol. The van der Waals surface area contributed by atoms with Gasteiger partial charge in [0.2, 0.25) is 0 Å². The molecule has 8 rings (SSSR count). The molecule has 6 aromatic carbocycles. The van der Waals surface area contributed by atoms with E-state index in [1.165, 1.54) is 96.3 Å². The molecule has 8 aromatic rings. The predicted molar refractivity (Wildman–Crippen MR) is 268 cm³/mol. The molecular formula is C47H34N8Na4O17S4. The number of amides is 6. The SMILES string of the molecule is Cn1cc(NC(=O)c2cccc(NC(=O)Nc3cccc(C(=O)Nc4cc(C(=O)Nc5ccc6c(S(=O)(=O)[O-])cccc6c5S(=O)(=O)[O-])n(C)c4)c3)c2)cc1C(=O)Nc1ccc2c(S(=O)(=O)[O-])cccc2c1S(=O)(=O)[O-].[Na+].[Na+].[Na+].[Na+]. The fourth-order valence-electron chi connectivity index (χ4n) is 8.04. The van der Waals surface area contributed by atoms with E-state index in [1.807, 2.05) is 0 Å².